The van der Waals surface area contributed by atoms with Gasteiger partial charge in [-0.1, -0.05) is 0 Å². The third kappa shape index (κ3) is 2.72. The van der Waals surface area contributed by atoms with E-state index < -0.39 is 10.0 Å². The number of nitrogens with two attached hydrogens (primary N) is 1. The van der Waals surface area contributed by atoms with Gasteiger partial charge in [-0.25, -0.2) is 8.42 Å². The van der Waals surface area contributed by atoms with Crippen LogP contribution >= 0.6 is 31.9 Å². The molecule has 8 heteroatoms. The Morgan fingerprint density at radius 2 is 1.67 bits per heavy atom. The highest BCUT2D eigenvalue weighted by atomic mass is 79.9. The number of sulfonamides is 1. The first-order chi connectivity index (χ1) is 8.43. The van der Waals surface area contributed by atoms with Crippen molar-refractivity contribution >= 4 is 47.6 Å². The van der Waals surface area contributed by atoms with Crippen molar-refractivity contribution in [2.75, 3.05) is 32.0 Å². The van der Waals surface area contributed by atoms with Crippen molar-refractivity contribution in [1.29, 1.82) is 0 Å². The summed E-state index contributed by atoms with van der Waals surface area (Å²) < 4.78 is 32.5. The standard InChI is InChI=1S/C10H12Br2N2O3S/c11-8-5-7(13)6-9(12)10(8)18(15,16)14-1-3-17-4-2-14/h5-6H,1-4,13H2. The Bertz CT molecular complexity index is 533. The molecule has 18 heavy (non-hydrogen) atoms. The van der Waals surface area contributed by atoms with Crippen LogP contribution in [0.5, 0.6) is 0 Å². The molecule has 1 saturated heterocycles. The van der Waals surface area contributed by atoms with E-state index in [1.54, 1.807) is 12.1 Å². The molecule has 5 nitrogen and oxygen atoms in total. The zero-order chi connectivity index (χ0) is 13.3. The molecule has 1 aromatic rings. The first-order valence-electron chi connectivity index (χ1n) is 5.25. The smallest absolute Gasteiger partial charge is 0.245 e. The van der Waals surface area contributed by atoms with Crippen LogP contribution in [-0.2, 0) is 14.8 Å². The second-order valence-corrected chi connectivity index (χ2v) is 7.41. The van der Waals surface area contributed by atoms with E-state index in [9.17, 15) is 8.42 Å². The number of hydrogen-bond acceptors (Lipinski definition) is 4. The molecule has 100 valence electrons. The van der Waals surface area contributed by atoms with Crippen molar-refractivity contribution in [3.63, 3.8) is 0 Å². The van der Waals surface area contributed by atoms with Crippen molar-refractivity contribution < 1.29 is 13.2 Å². The van der Waals surface area contributed by atoms with Gasteiger partial charge in [-0.15, -0.1) is 0 Å². The minimum atomic E-state index is -3.54. The molecular formula is C10H12Br2N2O3S. The molecule has 1 aromatic carbocycles. The molecule has 2 N–H and O–H groups in total. The number of halogens is 2. The quantitative estimate of drug-likeness (QED) is 0.769. The van der Waals surface area contributed by atoms with Crippen molar-refractivity contribution in [3.05, 3.63) is 21.1 Å². The molecule has 0 spiro atoms. The van der Waals surface area contributed by atoms with E-state index in [4.69, 9.17) is 10.5 Å². The molecular weight excluding hydrogens is 388 g/mol. The summed E-state index contributed by atoms with van der Waals surface area (Å²) in [6.07, 6.45) is 0. The maximum atomic E-state index is 12.5. The van der Waals surface area contributed by atoms with E-state index >= 15 is 0 Å². The molecule has 0 radical (unpaired) electrons. The lowest BCUT2D eigenvalue weighted by molar-refractivity contribution is 0.0730. The number of nitrogen functional groups attached to an aromatic ring is 1. The molecule has 0 aliphatic carbocycles. The normalized spacial score (nSPS) is 17.9. The molecule has 1 aliphatic heterocycles. The van der Waals surface area contributed by atoms with Crippen LogP contribution in [0.3, 0.4) is 0 Å². The monoisotopic (exact) mass is 398 g/mol. The molecule has 0 amide bonds. The lowest BCUT2D eigenvalue weighted by Gasteiger charge is -2.27. The third-order valence-electron chi connectivity index (χ3n) is 2.59. The van der Waals surface area contributed by atoms with Gasteiger partial charge in [0.1, 0.15) is 4.90 Å². The van der Waals surface area contributed by atoms with Crippen LogP contribution in [0.4, 0.5) is 5.69 Å². The lowest BCUT2D eigenvalue weighted by atomic mass is 10.3. The van der Waals surface area contributed by atoms with E-state index in [-0.39, 0.29) is 4.90 Å². The maximum Gasteiger partial charge on any atom is 0.245 e. The van der Waals surface area contributed by atoms with Crippen LogP contribution in [0.15, 0.2) is 26.0 Å². The summed E-state index contributed by atoms with van der Waals surface area (Å²) in [5, 5.41) is 0. The SMILES string of the molecule is Nc1cc(Br)c(S(=O)(=O)N2CCOCC2)c(Br)c1. The Kier molecular flexibility index (Phi) is 4.32. The van der Waals surface area contributed by atoms with Crippen LogP contribution in [0.2, 0.25) is 0 Å². The summed E-state index contributed by atoms with van der Waals surface area (Å²) in [4.78, 5) is 0.207. The molecule has 0 unspecified atom stereocenters. The van der Waals surface area contributed by atoms with E-state index in [1.165, 1.54) is 4.31 Å². The number of nitrogens with zero attached hydrogens (tertiary/aromatic N) is 1. The topological polar surface area (TPSA) is 72.6 Å². The highest BCUT2D eigenvalue weighted by Gasteiger charge is 2.30. The largest absolute Gasteiger partial charge is 0.399 e. The second-order valence-electron chi connectivity index (χ2n) is 3.83. The number of anilines is 1. The minimum Gasteiger partial charge on any atom is -0.399 e. The van der Waals surface area contributed by atoms with Gasteiger partial charge >= 0.3 is 0 Å². The van der Waals surface area contributed by atoms with E-state index in [0.717, 1.165) is 0 Å². The number of hydrogen-bond donors (Lipinski definition) is 1. The molecule has 0 bridgehead atoms. The highest BCUT2D eigenvalue weighted by Crippen LogP contribution is 2.34. The summed E-state index contributed by atoms with van der Waals surface area (Å²) in [6.45, 7) is 1.57. The fraction of sp³-hybridized carbons (Fsp3) is 0.400. The van der Waals surface area contributed by atoms with Crippen LogP contribution < -0.4 is 5.73 Å². The fourth-order valence-corrected chi connectivity index (χ4v) is 5.69. The van der Waals surface area contributed by atoms with Crippen molar-refractivity contribution in [2.24, 2.45) is 0 Å². The minimum absolute atomic E-state index is 0.207. The van der Waals surface area contributed by atoms with Gasteiger partial charge in [0.05, 0.1) is 13.2 Å². The predicted octanol–water partition coefficient (Wildman–Crippen LogP) is 1.81. The Hall–Kier alpha value is -0.150. The Morgan fingerprint density at radius 1 is 1.17 bits per heavy atom. The number of ether oxygens (including phenoxy) is 1. The summed E-state index contributed by atoms with van der Waals surface area (Å²) in [7, 11) is -3.54. The van der Waals surface area contributed by atoms with E-state index in [2.05, 4.69) is 31.9 Å². The lowest BCUT2D eigenvalue weighted by Crippen LogP contribution is -2.40. The predicted molar refractivity (Wildman–Crippen MR) is 75.8 cm³/mol. The average molecular weight is 400 g/mol. The number of morpholine rings is 1. The van der Waals surface area contributed by atoms with Crippen LogP contribution in [0.25, 0.3) is 0 Å². The van der Waals surface area contributed by atoms with Crippen molar-refractivity contribution in [3.8, 4) is 0 Å². The first kappa shape index (κ1) is 14.3. The first-order valence-corrected chi connectivity index (χ1v) is 8.28. The van der Waals surface area contributed by atoms with Gasteiger partial charge in [0.2, 0.25) is 10.0 Å². The second kappa shape index (κ2) is 5.46. The Balaban J connectivity index is 2.47. The van der Waals surface area contributed by atoms with Gasteiger partial charge in [-0.05, 0) is 44.0 Å². The van der Waals surface area contributed by atoms with Crippen molar-refractivity contribution in [2.45, 2.75) is 4.90 Å². The molecule has 1 heterocycles. The van der Waals surface area contributed by atoms with Crippen LogP contribution in [0.1, 0.15) is 0 Å². The van der Waals surface area contributed by atoms with E-state index in [1.807, 2.05) is 0 Å². The summed E-state index contributed by atoms with van der Waals surface area (Å²) in [6, 6.07) is 3.16. The molecule has 0 saturated carbocycles. The molecule has 0 aromatic heterocycles. The van der Waals surface area contributed by atoms with E-state index in [0.29, 0.717) is 40.9 Å². The van der Waals surface area contributed by atoms with Gasteiger partial charge in [0.25, 0.3) is 0 Å². The summed E-state index contributed by atoms with van der Waals surface area (Å²) in [5.41, 5.74) is 6.16. The van der Waals surface area contributed by atoms with Gasteiger partial charge in [0, 0.05) is 27.7 Å². The molecule has 2 rings (SSSR count). The van der Waals surface area contributed by atoms with Gasteiger partial charge in [-0.3, -0.25) is 0 Å². The van der Waals surface area contributed by atoms with Crippen LogP contribution in [0, 0.1) is 0 Å². The molecule has 1 fully saturated rings. The fourth-order valence-electron chi connectivity index (χ4n) is 1.74. The van der Waals surface area contributed by atoms with Crippen molar-refractivity contribution in [1.82, 2.24) is 4.31 Å². The Labute approximate surface area is 123 Å². The summed E-state index contributed by atoms with van der Waals surface area (Å²) in [5.74, 6) is 0. The maximum absolute atomic E-state index is 12.5. The molecule has 1 aliphatic rings. The number of rotatable bonds is 2. The van der Waals surface area contributed by atoms with Gasteiger partial charge in [-0.2, -0.15) is 4.31 Å². The zero-order valence-electron chi connectivity index (χ0n) is 9.40. The zero-order valence-corrected chi connectivity index (χ0v) is 13.4. The summed E-state index contributed by atoms with van der Waals surface area (Å²) >= 11 is 6.51. The number of benzene rings is 1. The average Bonchev–Trinajstić information content (AvgIpc) is 2.28. The Morgan fingerprint density at radius 3 is 2.17 bits per heavy atom. The third-order valence-corrected chi connectivity index (χ3v) is 6.36. The molecule has 0 atom stereocenters. The van der Waals surface area contributed by atoms with Gasteiger partial charge < -0.3 is 10.5 Å². The van der Waals surface area contributed by atoms with Gasteiger partial charge in [0.15, 0.2) is 0 Å². The van der Waals surface area contributed by atoms with Crippen LogP contribution in [-0.4, -0.2) is 39.0 Å². The highest BCUT2D eigenvalue weighted by molar-refractivity contribution is 9.11.